The molecule has 0 fully saturated rings. The highest BCUT2D eigenvalue weighted by atomic mass is 32.2. The highest BCUT2D eigenvalue weighted by Crippen LogP contribution is 2.27. The Balaban J connectivity index is 1.63. The van der Waals surface area contributed by atoms with Gasteiger partial charge < -0.3 is 10.4 Å². The number of nitrogens with one attached hydrogen (secondary N) is 1. The molecular weight excluding hydrogens is 332 g/mol. The van der Waals surface area contributed by atoms with E-state index in [0.717, 1.165) is 5.56 Å². The number of fused-ring (bicyclic) bond motifs is 1. The molecule has 0 bridgehead atoms. The van der Waals surface area contributed by atoms with E-state index >= 15 is 0 Å². The summed E-state index contributed by atoms with van der Waals surface area (Å²) in [7, 11) is -3.64. The minimum atomic E-state index is -3.64. The molecule has 7 heteroatoms. The summed E-state index contributed by atoms with van der Waals surface area (Å²) in [6, 6.07) is 16.1. The van der Waals surface area contributed by atoms with Crippen LogP contribution < -0.4 is 5.32 Å². The van der Waals surface area contributed by atoms with Crippen molar-refractivity contribution < 1.29 is 13.5 Å². The summed E-state index contributed by atoms with van der Waals surface area (Å²) in [6.07, 6.45) is -0.589. The summed E-state index contributed by atoms with van der Waals surface area (Å²) in [5.41, 5.74) is 1.39. The maximum atomic E-state index is 12.1. The number of amidine groups is 1. The number of hydrogen-bond acceptors (Lipinski definition) is 5. The monoisotopic (exact) mass is 348 g/mol. The van der Waals surface area contributed by atoms with Crippen molar-refractivity contribution in [2.24, 2.45) is 4.40 Å². The van der Waals surface area contributed by atoms with E-state index in [9.17, 15) is 13.5 Å². The van der Waals surface area contributed by atoms with Gasteiger partial charge in [0, 0.05) is 5.75 Å². The first-order chi connectivity index (χ1) is 11.1. The van der Waals surface area contributed by atoms with E-state index in [-0.39, 0.29) is 4.90 Å². The number of hydrogen-bond donors (Lipinski definition) is 2. The minimum Gasteiger partial charge on any atom is -0.388 e. The number of benzene rings is 2. The van der Waals surface area contributed by atoms with Crippen LogP contribution in [0.5, 0.6) is 0 Å². The third kappa shape index (κ3) is 3.74. The van der Waals surface area contributed by atoms with Gasteiger partial charge in [-0.05, 0) is 17.7 Å². The fourth-order valence-corrected chi connectivity index (χ4v) is 4.36. The van der Waals surface area contributed by atoms with Crippen LogP contribution in [0.1, 0.15) is 11.7 Å². The van der Waals surface area contributed by atoms with Crippen molar-refractivity contribution in [3.63, 3.8) is 0 Å². The van der Waals surface area contributed by atoms with Gasteiger partial charge in [0.1, 0.15) is 10.7 Å². The Labute approximate surface area is 139 Å². The molecule has 0 aromatic heterocycles. The molecule has 23 heavy (non-hydrogen) atoms. The predicted octanol–water partition coefficient (Wildman–Crippen LogP) is 2.67. The summed E-state index contributed by atoms with van der Waals surface area (Å²) >= 11 is 1.43. The standard InChI is InChI=1S/C16H16N2O3S2/c19-14(12-6-2-1-3-7-12)10-22-11-16-17-13-8-4-5-9-15(13)23(20,21)18-16/h1-9,14,19H,10-11H2,(H,17,18)/t14-/m0/s1. The average Bonchev–Trinajstić information content (AvgIpc) is 2.55. The molecule has 0 aliphatic carbocycles. The van der Waals surface area contributed by atoms with Gasteiger partial charge in [-0.25, -0.2) is 0 Å². The van der Waals surface area contributed by atoms with Gasteiger partial charge in [0.25, 0.3) is 10.0 Å². The van der Waals surface area contributed by atoms with Gasteiger partial charge in [-0.1, -0.05) is 42.5 Å². The predicted molar refractivity (Wildman–Crippen MR) is 93.4 cm³/mol. The lowest BCUT2D eigenvalue weighted by molar-refractivity contribution is 0.204. The van der Waals surface area contributed by atoms with E-state index < -0.39 is 16.1 Å². The van der Waals surface area contributed by atoms with E-state index in [2.05, 4.69) is 9.71 Å². The molecule has 1 atom stereocenters. The average molecular weight is 348 g/mol. The molecule has 5 nitrogen and oxygen atoms in total. The van der Waals surface area contributed by atoms with Crippen LogP contribution in [0.15, 0.2) is 63.9 Å². The molecule has 2 aromatic rings. The lowest BCUT2D eigenvalue weighted by Crippen LogP contribution is -2.23. The second-order valence-corrected chi connectivity index (χ2v) is 7.68. The maximum Gasteiger partial charge on any atom is 0.286 e. The van der Waals surface area contributed by atoms with Gasteiger partial charge in [-0.3, -0.25) is 0 Å². The second kappa shape index (κ2) is 6.74. The number of aliphatic hydroxyl groups excluding tert-OH is 1. The molecule has 0 amide bonds. The summed E-state index contributed by atoms with van der Waals surface area (Å²) in [6.45, 7) is 0. The first kappa shape index (κ1) is 16.0. The van der Waals surface area contributed by atoms with Crippen molar-refractivity contribution in [2.75, 3.05) is 16.8 Å². The van der Waals surface area contributed by atoms with Gasteiger partial charge in [0.2, 0.25) is 0 Å². The number of rotatable bonds is 5. The van der Waals surface area contributed by atoms with Crippen LogP contribution in [0.2, 0.25) is 0 Å². The Morgan fingerprint density at radius 1 is 1.09 bits per heavy atom. The molecule has 0 radical (unpaired) electrons. The van der Waals surface area contributed by atoms with Gasteiger partial charge in [0.05, 0.1) is 17.5 Å². The van der Waals surface area contributed by atoms with E-state index in [0.29, 0.717) is 23.0 Å². The molecule has 2 N–H and O–H groups in total. The summed E-state index contributed by atoms with van der Waals surface area (Å²) in [4.78, 5) is 0.193. The van der Waals surface area contributed by atoms with Gasteiger partial charge in [-0.15, -0.1) is 4.40 Å². The molecule has 1 heterocycles. The molecule has 3 rings (SSSR count). The highest BCUT2D eigenvalue weighted by Gasteiger charge is 2.24. The molecular formula is C16H16N2O3S2. The zero-order valence-electron chi connectivity index (χ0n) is 12.2. The van der Waals surface area contributed by atoms with Crippen molar-refractivity contribution in [3.05, 3.63) is 60.2 Å². The smallest absolute Gasteiger partial charge is 0.286 e. The Hall–Kier alpha value is -1.83. The van der Waals surface area contributed by atoms with E-state index in [4.69, 9.17) is 0 Å². The van der Waals surface area contributed by atoms with Crippen molar-refractivity contribution in [1.29, 1.82) is 0 Å². The Bertz CT molecular complexity index is 820. The van der Waals surface area contributed by atoms with Crippen LogP contribution in [0.25, 0.3) is 0 Å². The third-order valence-corrected chi connectivity index (χ3v) is 5.77. The molecule has 0 unspecified atom stereocenters. The van der Waals surface area contributed by atoms with Crippen molar-refractivity contribution in [2.45, 2.75) is 11.0 Å². The normalized spacial score (nSPS) is 16.8. The number of nitrogens with zero attached hydrogens (tertiary/aromatic N) is 1. The van der Waals surface area contributed by atoms with Crippen molar-refractivity contribution >= 4 is 33.3 Å². The number of sulfonamides is 1. The fraction of sp³-hybridized carbons (Fsp3) is 0.188. The van der Waals surface area contributed by atoms with Crippen LogP contribution in [-0.2, 0) is 10.0 Å². The van der Waals surface area contributed by atoms with Gasteiger partial charge in [0.15, 0.2) is 0 Å². The summed E-state index contributed by atoms with van der Waals surface area (Å²) in [5, 5.41) is 13.1. The van der Waals surface area contributed by atoms with E-state index in [1.807, 2.05) is 30.3 Å². The number of thioether (sulfide) groups is 1. The molecule has 120 valence electrons. The summed E-state index contributed by atoms with van der Waals surface area (Å²) in [5.74, 6) is 1.23. The molecule has 2 aromatic carbocycles. The first-order valence-electron chi connectivity index (χ1n) is 7.07. The third-order valence-electron chi connectivity index (χ3n) is 3.37. The highest BCUT2D eigenvalue weighted by molar-refractivity contribution is 8.00. The summed E-state index contributed by atoms with van der Waals surface area (Å²) < 4.78 is 28.0. The molecule has 0 saturated carbocycles. The quantitative estimate of drug-likeness (QED) is 0.868. The molecule has 0 spiro atoms. The van der Waals surface area contributed by atoms with Crippen LogP contribution >= 0.6 is 11.8 Å². The Morgan fingerprint density at radius 2 is 1.78 bits per heavy atom. The topological polar surface area (TPSA) is 78.8 Å². The van der Waals surface area contributed by atoms with Crippen LogP contribution in [-0.4, -0.2) is 30.9 Å². The fourth-order valence-electron chi connectivity index (χ4n) is 2.27. The van der Waals surface area contributed by atoms with Crippen LogP contribution in [0, 0.1) is 0 Å². The van der Waals surface area contributed by atoms with Crippen molar-refractivity contribution in [3.8, 4) is 0 Å². The number of para-hydroxylation sites is 1. The van der Waals surface area contributed by atoms with Crippen LogP contribution in [0.4, 0.5) is 5.69 Å². The Morgan fingerprint density at radius 3 is 2.57 bits per heavy atom. The van der Waals surface area contributed by atoms with Crippen molar-refractivity contribution in [1.82, 2.24) is 0 Å². The van der Waals surface area contributed by atoms with Gasteiger partial charge >= 0.3 is 0 Å². The number of aliphatic hydroxyl groups is 1. The molecule has 1 aliphatic rings. The maximum absolute atomic E-state index is 12.1. The lowest BCUT2D eigenvalue weighted by atomic mass is 10.1. The second-order valence-electron chi connectivity index (χ2n) is 5.08. The van der Waals surface area contributed by atoms with Gasteiger partial charge in [-0.2, -0.15) is 20.2 Å². The minimum absolute atomic E-state index is 0.193. The van der Waals surface area contributed by atoms with E-state index in [1.54, 1.807) is 18.2 Å². The SMILES string of the molecule is O=S1(=O)N=C(CSC[C@H](O)c2ccccc2)Nc2ccccc21. The lowest BCUT2D eigenvalue weighted by Gasteiger charge is -2.18. The largest absolute Gasteiger partial charge is 0.388 e. The first-order valence-corrected chi connectivity index (χ1v) is 9.66. The number of anilines is 1. The molecule has 0 saturated heterocycles. The zero-order chi connectivity index (χ0) is 16.3. The molecule has 1 aliphatic heterocycles. The van der Waals surface area contributed by atoms with Crippen LogP contribution in [0.3, 0.4) is 0 Å². The Kier molecular flexibility index (Phi) is 4.70. The zero-order valence-corrected chi connectivity index (χ0v) is 13.8. The van der Waals surface area contributed by atoms with E-state index in [1.165, 1.54) is 17.8 Å².